The van der Waals surface area contributed by atoms with Crippen LogP contribution in [0.5, 0.6) is 5.75 Å². The van der Waals surface area contributed by atoms with Crippen LogP contribution in [0.25, 0.3) is 0 Å². The van der Waals surface area contributed by atoms with Gasteiger partial charge in [-0.1, -0.05) is 0 Å². The van der Waals surface area contributed by atoms with Gasteiger partial charge in [0.05, 0.1) is 6.61 Å². The Morgan fingerprint density at radius 1 is 1.55 bits per heavy atom. The van der Waals surface area contributed by atoms with Crippen LogP contribution in [0.1, 0.15) is 22.5 Å². The zero-order valence-electron chi connectivity index (χ0n) is 6.00. The highest BCUT2D eigenvalue weighted by Crippen LogP contribution is 2.28. The zero-order valence-corrected chi connectivity index (χ0v) is 6.82. The number of rotatable bonds is 0. The van der Waals surface area contributed by atoms with E-state index in [1.165, 1.54) is 11.3 Å². The second-order valence-electron chi connectivity index (χ2n) is 2.49. The van der Waals surface area contributed by atoms with Crippen LogP contribution in [0, 0.1) is 0 Å². The largest absolute Gasteiger partial charge is 0.492 e. The first-order valence-corrected chi connectivity index (χ1v) is 4.49. The lowest BCUT2D eigenvalue weighted by atomic mass is 10.2. The highest BCUT2D eigenvalue weighted by Gasteiger charge is 2.16. The van der Waals surface area contributed by atoms with Crippen molar-refractivity contribution in [1.82, 2.24) is 0 Å². The van der Waals surface area contributed by atoms with Crippen molar-refractivity contribution >= 4 is 17.1 Å². The first-order valence-electron chi connectivity index (χ1n) is 3.61. The fourth-order valence-corrected chi connectivity index (χ4v) is 1.95. The SMILES string of the molecule is O=C1CCCOc2ccsc21. The maximum atomic E-state index is 11.3. The minimum Gasteiger partial charge on any atom is -0.492 e. The van der Waals surface area contributed by atoms with Crippen LogP contribution in [0.2, 0.25) is 0 Å². The minimum atomic E-state index is 0.229. The van der Waals surface area contributed by atoms with Gasteiger partial charge in [-0.2, -0.15) is 0 Å². The third-order valence-corrected chi connectivity index (χ3v) is 2.62. The van der Waals surface area contributed by atoms with E-state index in [2.05, 4.69) is 0 Å². The number of Topliss-reactive ketones (excluding diaryl/α,β-unsaturated/α-hetero) is 1. The molecule has 1 aliphatic rings. The van der Waals surface area contributed by atoms with E-state index in [1.807, 2.05) is 11.4 Å². The van der Waals surface area contributed by atoms with Gasteiger partial charge < -0.3 is 4.74 Å². The average molecular weight is 168 g/mol. The lowest BCUT2D eigenvalue weighted by Crippen LogP contribution is -1.93. The molecule has 2 rings (SSSR count). The van der Waals surface area contributed by atoms with Crippen LogP contribution >= 0.6 is 11.3 Å². The van der Waals surface area contributed by atoms with Gasteiger partial charge >= 0.3 is 0 Å². The van der Waals surface area contributed by atoms with Crippen LogP contribution in [0.3, 0.4) is 0 Å². The Bertz CT molecular complexity index is 277. The van der Waals surface area contributed by atoms with Gasteiger partial charge in [0.2, 0.25) is 0 Å². The van der Waals surface area contributed by atoms with Crippen LogP contribution in [-0.4, -0.2) is 12.4 Å². The van der Waals surface area contributed by atoms with Crippen molar-refractivity contribution in [3.05, 3.63) is 16.3 Å². The Morgan fingerprint density at radius 3 is 3.36 bits per heavy atom. The molecule has 0 atom stereocenters. The van der Waals surface area contributed by atoms with Crippen LogP contribution in [0.15, 0.2) is 11.4 Å². The molecule has 1 aromatic heterocycles. The molecule has 0 fully saturated rings. The lowest BCUT2D eigenvalue weighted by Gasteiger charge is -1.97. The van der Waals surface area contributed by atoms with Gasteiger partial charge in [0, 0.05) is 6.42 Å². The number of carbonyl (C=O) groups excluding carboxylic acids is 1. The van der Waals surface area contributed by atoms with Crippen molar-refractivity contribution in [1.29, 1.82) is 0 Å². The number of fused-ring (bicyclic) bond motifs is 1. The number of ether oxygens (including phenoxy) is 1. The van der Waals surface area contributed by atoms with Crippen LogP contribution < -0.4 is 4.74 Å². The summed E-state index contributed by atoms with van der Waals surface area (Å²) < 4.78 is 5.35. The summed E-state index contributed by atoms with van der Waals surface area (Å²) in [6, 6.07) is 1.86. The van der Waals surface area contributed by atoms with Crippen LogP contribution in [-0.2, 0) is 0 Å². The van der Waals surface area contributed by atoms with E-state index in [4.69, 9.17) is 4.74 Å². The molecule has 3 heteroatoms. The van der Waals surface area contributed by atoms with Gasteiger partial charge in [-0.15, -0.1) is 11.3 Å². The normalized spacial score (nSPS) is 16.9. The smallest absolute Gasteiger partial charge is 0.176 e. The molecule has 0 N–H and O–H groups in total. The Balaban J connectivity index is 2.41. The predicted molar refractivity (Wildman–Crippen MR) is 43.4 cm³/mol. The summed E-state index contributed by atoms with van der Waals surface area (Å²) in [7, 11) is 0. The first kappa shape index (κ1) is 6.85. The molecule has 1 aliphatic heterocycles. The number of thiophene rings is 1. The third-order valence-electron chi connectivity index (χ3n) is 1.69. The Kier molecular flexibility index (Phi) is 1.66. The van der Waals surface area contributed by atoms with E-state index >= 15 is 0 Å². The van der Waals surface area contributed by atoms with Crippen molar-refractivity contribution in [3.8, 4) is 5.75 Å². The molecule has 2 heterocycles. The van der Waals surface area contributed by atoms with Gasteiger partial charge in [0.1, 0.15) is 10.6 Å². The van der Waals surface area contributed by atoms with Crippen molar-refractivity contribution in [2.24, 2.45) is 0 Å². The van der Waals surface area contributed by atoms with Gasteiger partial charge in [0.25, 0.3) is 0 Å². The van der Waals surface area contributed by atoms with Gasteiger partial charge in [0.15, 0.2) is 5.78 Å². The van der Waals surface area contributed by atoms with E-state index in [1.54, 1.807) is 0 Å². The van der Waals surface area contributed by atoms with Crippen molar-refractivity contribution < 1.29 is 9.53 Å². The molecule has 1 aromatic rings. The highest BCUT2D eigenvalue weighted by molar-refractivity contribution is 7.12. The number of hydrogen-bond donors (Lipinski definition) is 0. The number of hydrogen-bond acceptors (Lipinski definition) is 3. The molecule has 0 aliphatic carbocycles. The minimum absolute atomic E-state index is 0.229. The monoisotopic (exact) mass is 168 g/mol. The fourth-order valence-electron chi connectivity index (χ4n) is 1.14. The molecular formula is C8H8O2S. The molecule has 0 radical (unpaired) electrons. The number of carbonyl (C=O) groups is 1. The summed E-state index contributed by atoms with van der Waals surface area (Å²) in [6.45, 7) is 0.676. The summed E-state index contributed by atoms with van der Waals surface area (Å²) in [4.78, 5) is 12.1. The molecule has 0 spiro atoms. The predicted octanol–water partition coefficient (Wildman–Crippen LogP) is 2.10. The molecule has 11 heavy (non-hydrogen) atoms. The van der Waals surface area contributed by atoms with E-state index < -0.39 is 0 Å². The average Bonchev–Trinajstić information content (AvgIpc) is 2.40. The second-order valence-corrected chi connectivity index (χ2v) is 3.41. The maximum absolute atomic E-state index is 11.3. The number of ketones is 1. The summed E-state index contributed by atoms with van der Waals surface area (Å²) >= 11 is 1.47. The topological polar surface area (TPSA) is 26.3 Å². The summed E-state index contributed by atoms with van der Waals surface area (Å²) in [6.07, 6.45) is 1.48. The highest BCUT2D eigenvalue weighted by atomic mass is 32.1. The third kappa shape index (κ3) is 1.16. The fraction of sp³-hybridized carbons (Fsp3) is 0.375. The second kappa shape index (κ2) is 2.66. The van der Waals surface area contributed by atoms with E-state index in [0.717, 1.165) is 17.0 Å². The van der Waals surface area contributed by atoms with Crippen molar-refractivity contribution in [2.45, 2.75) is 12.8 Å². The molecule has 0 saturated carbocycles. The zero-order chi connectivity index (χ0) is 7.68. The van der Waals surface area contributed by atoms with E-state index in [9.17, 15) is 4.79 Å². The molecule has 58 valence electrons. The molecule has 2 nitrogen and oxygen atoms in total. The quantitative estimate of drug-likeness (QED) is 0.593. The van der Waals surface area contributed by atoms with Gasteiger partial charge in [-0.25, -0.2) is 0 Å². The van der Waals surface area contributed by atoms with E-state index in [-0.39, 0.29) is 5.78 Å². The maximum Gasteiger partial charge on any atom is 0.176 e. The van der Waals surface area contributed by atoms with Crippen molar-refractivity contribution in [2.75, 3.05) is 6.61 Å². The Morgan fingerprint density at radius 2 is 2.45 bits per heavy atom. The summed E-state index contributed by atoms with van der Waals surface area (Å²) in [5, 5.41) is 1.90. The molecule has 0 unspecified atom stereocenters. The molecular weight excluding hydrogens is 160 g/mol. The van der Waals surface area contributed by atoms with Gasteiger partial charge in [-0.3, -0.25) is 4.79 Å². The van der Waals surface area contributed by atoms with Crippen molar-refractivity contribution in [3.63, 3.8) is 0 Å². The Hall–Kier alpha value is -0.830. The molecule has 0 aromatic carbocycles. The molecule has 0 bridgehead atoms. The lowest BCUT2D eigenvalue weighted by molar-refractivity contribution is 0.0986. The summed E-state index contributed by atoms with van der Waals surface area (Å²) in [5.74, 6) is 1.00. The standard InChI is InChI=1S/C8H8O2S/c9-6-2-1-4-10-7-3-5-11-8(6)7/h3,5H,1-2,4H2. The van der Waals surface area contributed by atoms with E-state index in [0.29, 0.717) is 13.0 Å². The summed E-state index contributed by atoms with van der Waals surface area (Å²) in [5.41, 5.74) is 0. The van der Waals surface area contributed by atoms with Gasteiger partial charge in [-0.05, 0) is 17.9 Å². The first-order chi connectivity index (χ1) is 5.38. The molecule has 0 amide bonds. The Labute approximate surface area is 68.8 Å². The van der Waals surface area contributed by atoms with Crippen LogP contribution in [0.4, 0.5) is 0 Å². The molecule has 0 saturated heterocycles.